The molecule has 0 unspecified atom stereocenters. The molecule has 1 aromatic carbocycles. The minimum atomic E-state index is 0.0547. The number of nitrogens with zero attached hydrogens (tertiary/aromatic N) is 1. The van der Waals surface area contributed by atoms with Crippen LogP contribution in [0.25, 0.3) is 0 Å². The van der Waals surface area contributed by atoms with Crippen molar-refractivity contribution < 1.29 is 9.90 Å². The standard InChI is InChI=1S/C15H20BrNO2/c1-11-13(7-3-8-14(11)18)15(19)17(10-4-9-16)12-5-2-6-12/h3,7-8,12,18H,2,4-6,9-10H2,1H3. The molecule has 3 nitrogen and oxygen atoms in total. The van der Waals surface area contributed by atoms with Crippen molar-refractivity contribution in [2.24, 2.45) is 0 Å². The second-order valence-electron chi connectivity index (χ2n) is 5.08. The Hall–Kier alpha value is -1.03. The first-order valence-electron chi connectivity index (χ1n) is 6.80. The van der Waals surface area contributed by atoms with Crippen molar-refractivity contribution >= 4 is 21.8 Å². The molecular formula is C15H20BrNO2. The minimum absolute atomic E-state index is 0.0547. The highest BCUT2D eigenvalue weighted by Crippen LogP contribution is 2.28. The van der Waals surface area contributed by atoms with Crippen molar-refractivity contribution in [1.29, 1.82) is 0 Å². The molecule has 4 heteroatoms. The summed E-state index contributed by atoms with van der Waals surface area (Å²) < 4.78 is 0. The van der Waals surface area contributed by atoms with Crippen molar-refractivity contribution in [3.63, 3.8) is 0 Å². The van der Waals surface area contributed by atoms with E-state index in [1.54, 1.807) is 25.1 Å². The molecule has 19 heavy (non-hydrogen) atoms. The Bertz CT molecular complexity index is 457. The van der Waals surface area contributed by atoms with Crippen LogP contribution in [0, 0.1) is 6.92 Å². The summed E-state index contributed by atoms with van der Waals surface area (Å²) in [4.78, 5) is 14.6. The summed E-state index contributed by atoms with van der Waals surface area (Å²) in [6.07, 6.45) is 4.37. The van der Waals surface area contributed by atoms with E-state index in [9.17, 15) is 9.90 Å². The second-order valence-corrected chi connectivity index (χ2v) is 5.87. The predicted molar refractivity (Wildman–Crippen MR) is 79.9 cm³/mol. The zero-order valence-electron chi connectivity index (χ0n) is 11.2. The third kappa shape index (κ3) is 3.11. The topological polar surface area (TPSA) is 40.5 Å². The second kappa shape index (κ2) is 6.42. The van der Waals surface area contributed by atoms with Crippen LogP contribution in [0.1, 0.15) is 41.6 Å². The molecule has 0 spiro atoms. The summed E-state index contributed by atoms with van der Waals surface area (Å²) in [6.45, 7) is 2.58. The quantitative estimate of drug-likeness (QED) is 0.842. The highest BCUT2D eigenvalue weighted by atomic mass is 79.9. The lowest BCUT2D eigenvalue weighted by Gasteiger charge is -2.38. The molecule has 2 rings (SSSR count). The van der Waals surface area contributed by atoms with E-state index in [4.69, 9.17) is 0 Å². The largest absolute Gasteiger partial charge is 0.508 e. The van der Waals surface area contributed by atoms with Crippen LogP contribution in [-0.4, -0.2) is 33.8 Å². The molecule has 1 N–H and O–H groups in total. The third-order valence-corrected chi connectivity index (χ3v) is 4.41. The Balaban J connectivity index is 2.20. The number of halogens is 1. The van der Waals surface area contributed by atoms with E-state index in [0.717, 1.165) is 31.1 Å². The fraction of sp³-hybridized carbons (Fsp3) is 0.533. The van der Waals surface area contributed by atoms with Crippen LogP contribution >= 0.6 is 15.9 Å². The Kier molecular flexibility index (Phi) is 4.86. The molecule has 0 saturated heterocycles. The number of hydrogen-bond donors (Lipinski definition) is 1. The molecule has 1 aliphatic carbocycles. The number of phenolic OH excluding ortho intramolecular Hbond substituents is 1. The fourth-order valence-corrected chi connectivity index (χ4v) is 2.64. The van der Waals surface area contributed by atoms with E-state index in [1.807, 2.05) is 4.90 Å². The molecule has 1 amide bonds. The summed E-state index contributed by atoms with van der Waals surface area (Å²) in [6, 6.07) is 5.54. The molecule has 0 heterocycles. The summed E-state index contributed by atoms with van der Waals surface area (Å²) in [5, 5.41) is 10.6. The SMILES string of the molecule is Cc1c(O)cccc1C(=O)N(CCCBr)C1CCC1. The first kappa shape index (κ1) is 14.4. The van der Waals surface area contributed by atoms with E-state index in [2.05, 4.69) is 15.9 Å². The zero-order chi connectivity index (χ0) is 13.8. The lowest BCUT2D eigenvalue weighted by atomic mass is 9.90. The van der Waals surface area contributed by atoms with Gasteiger partial charge < -0.3 is 10.0 Å². The van der Waals surface area contributed by atoms with E-state index in [0.29, 0.717) is 17.2 Å². The maximum atomic E-state index is 12.7. The molecule has 104 valence electrons. The minimum Gasteiger partial charge on any atom is -0.508 e. The van der Waals surface area contributed by atoms with Gasteiger partial charge in [0, 0.05) is 29.0 Å². The van der Waals surface area contributed by atoms with Crippen molar-refractivity contribution in [1.82, 2.24) is 4.90 Å². The van der Waals surface area contributed by atoms with Gasteiger partial charge in [0.05, 0.1) is 0 Å². The molecule has 0 atom stereocenters. The Labute approximate surface area is 122 Å². The van der Waals surface area contributed by atoms with Gasteiger partial charge in [0.1, 0.15) is 5.75 Å². The molecule has 1 saturated carbocycles. The summed E-state index contributed by atoms with van der Waals surface area (Å²) in [7, 11) is 0. The van der Waals surface area contributed by atoms with Crippen LogP contribution in [-0.2, 0) is 0 Å². The van der Waals surface area contributed by atoms with Gasteiger partial charge in [-0.25, -0.2) is 0 Å². The van der Waals surface area contributed by atoms with Gasteiger partial charge in [-0.2, -0.15) is 0 Å². The normalized spacial score (nSPS) is 15.1. The number of rotatable bonds is 5. The summed E-state index contributed by atoms with van der Waals surface area (Å²) in [5.74, 6) is 0.249. The van der Waals surface area contributed by atoms with Gasteiger partial charge >= 0.3 is 0 Å². The van der Waals surface area contributed by atoms with Gasteiger partial charge in [-0.1, -0.05) is 22.0 Å². The highest BCUT2D eigenvalue weighted by Gasteiger charge is 2.29. The lowest BCUT2D eigenvalue weighted by molar-refractivity contribution is 0.0580. The molecule has 1 fully saturated rings. The van der Waals surface area contributed by atoms with E-state index < -0.39 is 0 Å². The van der Waals surface area contributed by atoms with Crippen LogP contribution in [0.5, 0.6) is 5.75 Å². The van der Waals surface area contributed by atoms with Crippen molar-refractivity contribution in [3.8, 4) is 5.75 Å². The van der Waals surface area contributed by atoms with Crippen molar-refractivity contribution in [3.05, 3.63) is 29.3 Å². The number of hydrogen-bond acceptors (Lipinski definition) is 2. The number of alkyl halides is 1. The molecule has 0 radical (unpaired) electrons. The smallest absolute Gasteiger partial charge is 0.254 e. The van der Waals surface area contributed by atoms with Gasteiger partial charge in [-0.05, 0) is 44.7 Å². The van der Waals surface area contributed by atoms with Crippen molar-refractivity contribution in [2.75, 3.05) is 11.9 Å². The zero-order valence-corrected chi connectivity index (χ0v) is 12.8. The van der Waals surface area contributed by atoms with Crippen LogP contribution in [0.15, 0.2) is 18.2 Å². The molecule has 0 aliphatic heterocycles. The van der Waals surface area contributed by atoms with E-state index in [-0.39, 0.29) is 11.7 Å². The summed E-state index contributed by atoms with van der Waals surface area (Å²) in [5.41, 5.74) is 1.30. The average Bonchev–Trinajstić information content (AvgIpc) is 2.34. The van der Waals surface area contributed by atoms with Gasteiger partial charge in [-0.15, -0.1) is 0 Å². The van der Waals surface area contributed by atoms with Crippen LogP contribution < -0.4 is 0 Å². The number of amides is 1. The van der Waals surface area contributed by atoms with Gasteiger partial charge in [0.2, 0.25) is 0 Å². The molecule has 1 aliphatic rings. The molecule has 1 aromatic rings. The fourth-order valence-electron chi connectivity index (χ4n) is 2.39. The molecule has 0 aromatic heterocycles. The van der Waals surface area contributed by atoms with Crippen LogP contribution in [0.4, 0.5) is 0 Å². The molecule has 0 bridgehead atoms. The van der Waals surface area contributed by atoms with E-state index in [1.165, 1.54) is 6.42 Å². The number of carbonyl (C=O) groups is 1. The highest BCUT2D eigenvalue weighted by molar-refractivity contribution is 9.09. The monoisotopic (exact) mass is 325 g/mol. The maximum absolute atomic E-state index is 12.7. The van der Waals surface area contributed by atoms with Gasteiger partial charge in [0.25, 0.3) is 5.91 Å². The number of aromatic hydroxyl groups is 1. The first-order valence-corrected chi connectivity index (χ1v) is 7.93. The number of phenols is 1. The van der Waals surface area contributed by atoms with Gasteiger partial charge in [0.15, 0.2) is 0 Å². The summed E-state index contributed by atoms with van der Waals surface area (Å²) >= 11 is 3.42. The maximum Gasteiger partial charge on any atom is 0.254 e. The Morgan fingerprint density at radius 1 is 1.47 bits per heavy atom. The Morgan fingerprint density at radius 2 is 2.21 bits per heavy atom. The predicted octanol–water partition coefficient (Wildman–Crippen LogP) is 3.48. The lowest BCUT2D eigenvalue weighted by Crippen LogP contribution is -2.45. The number of carbonyl (C=O) groups excluding carboxylic acids is 1. The van der Waals surface area contributed by atoms with Crippen LogP contribution in [0.2, 0.25) is 0 Å². The molecular weight excluding hydrogens is 306 g/mol. The average molecular weight is 326 g/mol. The third-order valence-electron chi connectivity index (χ3n) is 3.84. The Morgan fingerprint density at radius 3 is 2.79 bits per heavy atom. The van der Waals surface area contributed by atoms with E-state index >= 15 is 0 Å². The first-order chi connectivity index (χ1) is 9.15. The van der Waals surface area contributed by atoms with Crippen LogP contribution in [0.3, 0.4) is 0 Å². The van der Waals surface area contributed by atoms with Crippen molar-refractivity contribution in [2.45, 2.75) is 38.6 Å². The number of benzene rings is 1. The van der Waals surface area contributed by atoms with Gasteiger partial charge in [-0.3, -0.25) is 4.79 Å².